The fourth-order valence-corrected chi connectivity index (χ4v) is 0.402. The van der Waals surface area contributed by atoms with Crippen LogP contribution >= 0.6 is 0 Å². The van der Waals surface area contributed by atoms with Crippen LogP contribution < -0.4 is 18.1 Å². The average molecular weight is 183 g/mol. The summed E-state index contributed by atoms with van der Waals surface area (Å²) in [5.74, 6) is -2.20. The van der Waals surface area contributed by atoms with Crippen LogP contribution in [0.15, 0.2) is 0 Å². The predicted molar refractivity (Wildman–Crippen MR) is 32.5 cm³/mol. The van der Waals surface area contributed by atoms with Crippen LogP contribution in [0.1, 0.15) is 12.8 Å². The third kappa shape index (κ3) is 7.08. The van der Waals surface area contributed by atoms with Gasteiger partial charge >= 0.3 is 11.9 Å². The van der Waals surface area contributed by atoms with E-state index in [2.05, 4.69) is 0 Å². The molecular formula is C5H9ClNO4-. The van der Waals surface area contributed by atoms with E-state index in [9.17, 15) is 9.59 Å². The lowest BCUT2D eigenvalue weighted by atomic mass is 10.2. The minimum Gasteiger partial charge on any atom is -1.00 e. The van der Waals surface area contributed by atoms with E-state index in [-0.39, 0.29) is 25.2 Å². The van der Waals surface area contributed by atoms with Crippen LogP contribution in [0, 0.1) is 0 Å². The second kappa shape index (κ2) is 5.94. The van der Waals surface area contributed by atoms with Gasteiger partial charge in [0.2, 0.25) is 0 Å². The summed E-state index contributed by atoms with van der Waals surface area (Å²) in [7, 11) is 0. The van der Waals surface area contributed by atoms with Crippen molar-refractivity contribution in [1.29, 1.82) is 0 Å². The van der Waals surface area contributed by atoms with E-state index in [1.54, 1.807) is 0 Å². The normalized spacial score (nSPS) is 11.4. The van der Waals surface area contributed by atoms with Crippen LogP contribution in [-0.2, 0) is 9.59 Å². The highest BCUT2D eigenvalue weighted by Crippen LogP contribution is 1.93. The summed E-state index contributed by atoms with van der Waals surface area (Å²) in [6, 6.07) is -1.06. The van der Waals surface area contributed by atoms with Gasteiger partial charge in [-0.3, -0.25) is 9.59 Å². The second-order valence-electron chi connectivity index (χ2n) is 1.88. The van der Waals surface area contributed by atoms with Crippen molar-refractivity contribution in [2.75, 3.05) is 0 Å². The highest BCUT2D eigenvalue weighted by molar-refractivity contribution is 5.74. The fourth-order valence-electron chi connectivity index (χ4n) is 0.402. The fraction of sp³-hybridized carbons (Fsp3) is 0.600. The largest absolute Gasteiger partial charge is 1.00 e. The van der Waals surface area contributed by atoms with Gasteiger partial charge in [-0.2, -0.15) is 0 Å². The Hall–Kier alpha value is -0.810. The molecule has 11 heavy (non-hydrogen) atoms. The number of rotatable bonds is 4. The average Bonchev–Trinajstić information content (AvgIpc) is 1.82. The monoisotopic (exact) mass is 182 g/mol. The second-order valence-corrected chi connectivity index (χ2v) is 1.88. The van der Waals surface area contributed by atoms with Crippen molar-refractivity contribution < 1.29 is 32.2 Å². The minimum atomic E-state index is -1.17. The van der Waals surface area contributed by atoms with Crippen molar-refractivity contribution in [3.05, 3.63) is 0 Å². The molecule has 0 aromatic rings. The number of nitrogens with two attached hydrogens (primary N) is 1. The van der Waals surface area contributed by atoms with Crippen molar-refractivity contribution in [3.63, 3.8) is 0 Å². The van der Waals surface area contributed by atoms with Crippen molar-refractivity contribution in [3.8, 4) is 0 Å². The number of carboxylic acid groups (broad SMARTS) is 2. The third-order valence-electron chi connectivity index (χ3n) is 0.986. The number of carbonyl (C=O) groups is 2. The van der Waals surface area contributed by atoms with Gasteiger partial charge in [0.25, 0.3) is 0 Å². The zero-order valence-corrected chi connectivity index (χ0v) is 6.41. The molecule has 0 fully saturated rings. The molecule has 0 amide bonds. The molecule has 0 aliphatic carbocycles. The molecule has 0 saturated carbocycles. The SMILES string of the molecule is NC(CCC(=O)O)C(=O)O.[Cl-]. The summed E-state index contributed by atoms with van der Waals surface area (Å²) >= 11 is 0. The molecule has 66 valence electrons. The quantitative estimate of drug-likeness (QED) is 0.415. The van der Waals surface area contributed by atoms with Gasteiger partial charge in [0, 0.05) is 6.42 Å². The van der Waals surface area contributed by atoms with Gasteiger partial charge in [-0.1, -0.05) is 0 Å². The molecule has 0 heterocycles. The first-order valence-electron chi connectivity index (χ1n) is 2.74. The Bertz CT molecular complexity index is 149. The Labute approximate surface area is 69.6 Å². The van der Waals surface area contributed by atoms with E-state index in [1.165, 1.54) is 0 Å². The lowest BCUT2D eigenvalue weighted by Crippen LogP contribution is -3.00. The van der Waals surface area contributed by atoms with Crippen LogP contribution in [0.2, 0.25) is 0 Å². The van der Waals surface area contributed by atoms with Gasteiger partial charge in [-0.05, 0) is 6.42 Å². The van der Waals surface area contributed by atoms with Gasteiger partial charge in [0.1, 0.15) is 6.04 Å². The molecule has 1 atom stereocenters. The van der Waals surface area contributed by atoms with E-state index in [1.807, 2.05) is 0 Å². The van der Waals surface area contributed by atoms with E-state index in [4.69, 9.17) is 15.9 Å². The summed E-state index contributed by atoms with van der Waals surface area (Å²) < 4.78 is 0. The lowest BCUT2D eigenvalue weighted by Gasteiger charge is -2.01. The third-order valence-corrected chi connectivity index (χ3v) is 0.986. The molecule has 0 rings (SSSR count). The predicted octanol–water partition coefficient (Wildman–Crippen LogP) is -3.73. The van der Waals surface area contributed by atoms with E-state index >= 15 is 0 Å². The number of hydrogen-bond acceptors (Lipinski definition) is 3. The Morgan fingerprint density at radius 3 is 2.09 bits per heavy atom. The lowest BCUT2D eigenvalue weighted by molar-refractivity contribution is -0.139. The number of carboxylic acids is 2. The molecule has 6 heteroatoms. The number of halogens is 1. The molecule has 0 bridgehead atoms. The number of hydrogen-bond donors (Lipinski definition) is 3. The minimum absolute atomic E-state index is 0. The summed E-state index contributed by atoms with van der Waals surface area (Å²) in [6.07, 6.45) is -0.224. The molecule has 0 saturated heterocycles. The zero-order chi connectivity index (χ0) is 8.15. The van der Waals surface area contributed by atoms with Crippen molar-refractivity contribution in [1.82, 2.24) is 0 Å². The molecule has 0 spiro atoms. The maximum Gasteiger partial charge on any atom is 0.320 e. The van der Waals surface area contributed by atoms with Gasteiger partial charge in [0.15, 0.2) is 0 Å². The number of aliphatic carboxylic acids is 2. The standard InChI is InChI=1S/C5H9NO4.ClH/c6-3(5(9)10)1-2-4(7)8;/h3H,1-2,6H2,(H,7,8)(H,9,10);1H/p-1. The Balaban J connectivity index is 0. The molecule has 5 nitrogen and oxygen atoms in total. The molecule has 0 aliphatic rings. The summed E-state index contributed by atoms with van der Waals surface area (Å²) in [5, 5.41) is 16.3. The molecule has 0 aliphatic heterocycles. The van der Waals surface area contributed by atoms with E-state index in [0.717, 1.165) is 0 Å². The van der Waals surface area contributed by atoms with Gasteiger partial charge in [-0.25, -0.2) is 0 Å². The maximum absolute atomic E-state index is 9.99. The first-order valence-corrected chi connectivity index (χ1v) is 2.74. The first-order chi connectivity index (χ1) is 4.54. The molecule has 1 unspecified atom stereocenters. The molecule has 0 aromatic carbocycles. The van der Waals surface area contributed by atoms with Crippen LogP contribution in [0.3, 0.4) is 0 Å². The van der Waals surface area contributed by atoms with Crippen LogP contribution in [0.25, 0.3) is 0 Å². The Morgan fingerprint density at radius 2 is 1.82 bits per heavy atom. The highest BCUT2D eigenvalue weighted by atomic mass is 35.5. The zero-order valence-electron chi connectivity index (χ0n) is 5.66. The maximum atomic E-state index is 9.99. The molecule has 0 aromatic heterocycles. The van der Waals surface area contributed by atoms with Crippen molar-refractivity contribution in [2.45, 2.75) is 18.9 Å². The topological polar surface area (TPSA) is 101 Å². The van der Waals surface area contributed by atoms with Crippen LogP contribution in [-0.4, -0.2) is 28.2 Å². The smallest absolute Gasteiger partial charge is 0.320 e. The first kappa shape index (κ1) is 12.8. The Kier molecular flexibility index (Phi) is 6.92. The molecule has 0 radical (unpaired) electrons. The van der Waals surface area contributed by atoms with Crippen molar-refractivity contribution in [2.24, 2.45) is 5.73 Å². The van der Waals surface area contributed by atoms with Crippen molar-refractivity contribution >= 4 is 11.9 Å². The van der Waals surface area contributed by atoms with Crippen LogP contribution in [0.4, 0.5) is 0 Å². The molecular weight excluding hydrogens is 174 g/mol. The van der Waals surface area contributed by atoms with Crippen LogP contribution in [0.5, 0.6) is 0 Å². The van der Waals surface area contributed by atoms with Gasteiger partial charge < -0.3 is 28.4 Å². The Morgan fingerprint density at radius 1 is 1.36 bits per heavy atom. The van der Waals surface area contributed by atoms with Gasteiger partial charge in [0.05, 0.1) is 0 Å². The van der Waals surface area contributed by atoms with E-state index in [0.29, 0.717) is 0 Å². The van der Waals surface area contributed by atoms with E-state index < -0.39 is 18.0 Å². The highest BCUT2D eigenvalue weighted by Gasteiger charge is 2.12. The molecule has 4 N–H and O–H groups in total. The summed E-state index contributed by atoms with van der Waals surface area (Å²) in [4.78, 5) is 19.9. The van der Waals surface area contributed by atoms with Gasteiger partial charge in [-0.15, -0.1) is 0 Å². The summed E-state index contributed by atoms with van der Waals surface area (Å²) in [6.45, 7) is 0. The summed E-state index contributed by atoms with van der Waals surface area (Å²) in [5.41, 5.74) is 5.00.